The molecule has 1 amide bonds. The molecule has 0 fully saturated rings. The number of rotatable bonds is 4. The van der Waals surface area contributed by atoms with Gasteiger partial charge in [0.05, 0.1) is 11.7 Å². The molecular weight excluding hydrogens is 346 g/mol. The zero-order chi connectivity index (χ0) is 18.8. The van der Waals surface area contributed by atoms with Gasteiger partial charge in [-0.25, -0.2) is 4.79 Å². The van der Waals surface area contributed by atoms with E-state index >= 15 is 0 Å². The molecule has 0 saturated heterocycles. The molecule has 2 aromatic rings. The van der Waals surface area contributed by atoms with Gasteiger partial charge in [0.2, 0.25) is 0 Å². The Bertz CT molecular complexity index is 838. The Labute approximate surface area is 158 Å². The topological polar surface area (TPSA) is 55.4 Å². The first-order valence-electron chi connectivity index (χ1n) is 9.09. The van der Waals surface area contributed by atoms with E-state index in [0.29, 0.717) is 22.0 Å². The van der Waals surface area contributed by atoms with Gasteiger partial charge in [-0.2, -0.15) is 0 Å². The lowest BCUT2D eigenvalue weighted by molar-refractivity contribution is 0.0378. The van der Waals surface area contributed by atoms with Crippen LogP contribution in [0.5, 0.6) is 0 Å². The molecular formula is C21H25NO3S. The summed E-state index contributed by atoms with van der Waals surface area (Å²) in [6, 6.07) is 7.45. The summed E-state index contributed by atoms with van der Waals surface area (Å²) in [6.07, 6.45) is 2.66. The molecule has 1 atom stereocenters. The van der Waals surface area contributed by atoms with Crippen molar-refractivity contribution in [3.63, 3.8) is 0 Å². The molecule has 5 heteroatoms. The fourth-order valence-corrected chi connectivity index (χ4v) is 4.72. The van der Waals surface area contributed by atoms with Crippen molar-refractivity contribution < 1.29 is 14.3 Å². The average Bonchev–Trinajstić information content (AvgIpc) is 2.91. The number of anilines is 1. The third-order valence-electron chi connectivity index (χ3n) is 4.68. The Hall–Kier alpha value is -2.14. The fourth-order valence-electron chi connectivity index (χ4n) is 3.33. The Morgan fingerprint density at radius 2 is 2.00 bits per heavy atom. The van der Waals surface area contributed by atoms with Crippen molar-refractivity contribution >= 4 is 28.2 Å². The van der Waals surface area contributed by atoms with Gasteiger partial charge >= 0.3 is 5.97 Å². The van der Waals surface area contributed by atoms with E-state index in [1.54, 1.807) is 6.07 Å². The lowest BCUT2D eigenvalue weighted by Gasteiger charge is -2.19. The average molecular weight is 372 g/mol. The smallest absolute Gasteiger partial charge is 0.341 e. The molecule has 0 radical (unpaired) electrons. The predicted molar refractivity (Wildman–Crippen MR) is 105 cm³/mol. The molecule has 1 N–H and O–H groups in total. The third kappa shape index (κ3) is 3.83. The van der Waals surface area contributed by atoms with Crippen LogP contribution in [-0.4, -0.2) is 18.0 Å². The molecule has 1 aromatic heterocycles. The number of fused-ring (bicyclic) bond motifs is 1. The highest BCUT2D eigenvalue weighted by molar-refractivity contribution is 7.17. The highest BCUT2D eigenvalue weighted by atomic mass is 32.1. The summed E-state index contributed by atoms with van der Waals surface area (Å²) in [7, 11) is 0. The molecule has 0 aliphatic heterocycles. The van der Waals surface area contributed by atoms with Gasteiger partial charge in [-0.3, -0.25) is 4.79 Å². The van der Waals surface area contributed by atoms with Crippen LogP contribution in [0.15, 0.2) is 24.3 Å². The Morgan fingerprint density at radius 3 is 2.69 bits per heavy atom. The summed E-state index contributed by atoms with van der Waals surface area (Å²) in [6.45, 7) is 7.80. The van der Waals surface area contributed by atoms with Crippen molar-refractivity contribution in [1.82, 2.24) is 0 Å². The first-order valence-corrected chi connectivity index (χ1v) is 9.91. The fraction of sp³-hybridized carbons (Fsp3) is 0.429. The number of thiophene rings is 1. The van der Waals surface area contributed by atoms with Gasteiger partial charge < -0.3 is 10.1 Å². The van der Waals surface area contributed by atoms with Crippen molar-refractivity contribution in [3.05, 3.63) is 51.4 Å². The highest BCUT2D eigenvalue weighted by Gasteiger charge is 2.29. The number of carbonyl (C=O) groups excluding carboxylic acids is 2. The van der Waals surface area contributed by atoms with Crippen molar-refractivity contribution in [2.24, 2.45) is 5.92 Å². The van der Waals surface area contributed by atoms with E-state index in [-0.39, 0.29) is 18.0 Å². The normalized spacial score (nSPS) is 16.3. The number of esters is 1. The van der Waals surface area contributed by atoms with Gasteiger partial charge in [-0.05, 0) is 63.1 Å². The number of benzene rings is 1. The maximum Gasteiger partial charge on any atom is 0.341 e. The minimum atomic E-state index is -0.341. The van der Waals surface area contributed by atoms with Gasteiger partial charge in [-0.1, -0.05) is 25.1 Å². The lowest BCUT2D eigenvalue weighted by Crippen LogP contribution is -2.19. The highest BCUT2D eigenvalue weighted by Crippen LogP contribution is 2.40. The SMILES string of the molecule is Cc1ccccc1C(=O)Nc1sc2c(c1C(=O)OC(C)C)CC[C@@H](C)C2. The summed E-state index contributed by atoms with van der Waals surface area (Å²) in [4.78, 5) is 26.7. The van der Waals surface area contributed by atoms with Crippen LogP contribution in [0, 0.1) is 12.8 Å². The monoisotopic (exact) mass is 371 g/mol. The summed E-state index contributed by atoms with van der Waals surface area (Å²) >= 11 is 1.52. The summed E-state index contributed by atoms with van der Waals surface area (Å²) in [5.41, 5.74) is 3.13. The van der Waals surface area contributed by atoms with Crippen molar-refractivity contribution in [2.45, 2.75) is 53.1 Å². The molecule has 1 heterocycles. The second-order valence-electron chi connectivity index (χ2n) is 7.28. The molecule has 26 heavy (non-hydrogen) atoms. The van der Waals surface area contributed by atoms with Crippen LogP contribution in [0.3, 0.4) is 0 Å². The lowest BCUT2D eigenvalue weighted by atomic mass is 9.88. The zero-order valence-electron chi connectivity index (χ0n) is 15.7. The largest absolute Gasteiger partial charge is 0.459 e. The van der Waals surface area contributed by atoms with Crippen LogP contribution < -0.4 is 5.32 Å². The molecule has 1 aromatic carbocycles. The second kappa shape index (κ2) is 7.62. The first kappa shape index (κ1) is 18.6. The molecule has 1 aliphatic carbocycles. The summed E-state index contributed by atoms with van der Waals surface area (Å²) in [5, 5.41) is 3.59. The first-order chi connectivity index (χ1) is 12.4. The van der Waals surface area contributed by atoms with Crippen LogP contribution >= 0.6 is 11.3 Å². The van der Waals surface area contributed by atoms with Gasteiger partial charge in [0.1, 0.15) is 5.00 Å². The quantitative estimate of drug-likeness (QED) is 0.770. The molecule has 0 spiro atoms. The number of nitrogens with one attached hydrogen (secondary N) is 1. The van der Waals surface area contributed by atoms with Crippen LogP contribution in [0.25, 0.3) is 0 Å². The van der Waals surface area contributed by atoms with E-state index in [1.165, 1.54) is 16.2 Å². The van der Waals surface area contributed by atoms with Gasteiger partial charge in [0, 0.05) is 10.4 Å². The number of amides is 1. The Balaban J connectivity index is 1.96. The predicted octanol–water partition coefficient (Wildman–Crippen LogP) is 5.00. The number of carbonyl (C=O) groups is 2. The van der Waals surface area contributed by atoms with Crippen molar-refractivity contribution in [3.8, 4) is 0 Å². The van der Waals surface area contributed by atoms with Gasteiger partial charge in [-0.15, -0.1) is 11.3 Å². The molecule has 1 aliphatic rings. The molecule has 0 bridgehead atoms. The van der Waals surface area contributed by atoms with E-state index in [1.807, 2.05) is 39.0 Å². The maximum atomic E-state index is 12.8. The van der Waals surface area contributed by atoms with E-state index in [2.05, 4.69) is 12.2 Å². The second-order valence-corrected chi connectivity index (χ2v) is 8.38. The van der Waals surface area contributed by atoms with Gasteiger partial charge in [0.25, 0.3) is 5.91 Å². The zero-order valence-corrected chi connectivity index (χ0v) is 16.5. The standard InChI is InChI=1S/C21H25NO3S/c1-12(2)25-21(24)18-16-10-9-13(3)11-17(16)26-20(18)22-19(23)15-8-6-5-7-14(15)4/h5-8,12-13H,9-11H2,1-4H3,(H,22,23)/t13-/m1/s1. The van der Waals surface area contributed by atoms with Crippen LogP contribution in [0.4, 0.5) is 5.00 Å². The maximum absolute atomic E-state index is 12.8. The van der Waals surface area contributed by atoms with E-state index in [4.69, 9.17) is 4.74 Å². The molecule has 3 rings (SSSR count). The van der Waals surface area contributed by atoms with Crippen molar-refractivity contribution in [1.29, 1.82) is 0 Å². The van der Waals surface area contributed by atoms with E-state index in [9.17, 15) is 9.59 Å². The minimum absolute atomic E-state index is 0.187. The van der Waals surface area contributed by atoms with Crippen LogP contribution in [0.1, 0.15) is 63.9 Å². The Kier molecular flexibility index (Phi) is 5.47. The molecule has 0 unspecified atom stereocenters. The number of hydrogen-bond acceptors (Lipinski definition) is 4. The van der Waals surface area contributed by atoms with Crippen LogP contribution in [-0.2, 0) is 17.6 Å². The van der Waals surface area contributed by atoms with Crippen LogP contribution in [0.2, 0.25) is 0 Å². The third-order valence-corrected chi connectivity index (χ3v) is 5.85. The Morgan fingerprint density at radius 1 is 1.27 bits per heavy atom. The van der Waals surface area contributed by atoms with E-state index in [0.717, 1.165) is 30.4 Å². The summed E-state index contributed by atoms with van der Waals surface area (Å²) < 4.78 is 5.46. The molecule has 0 saturated carbocycles. The minimum Gasteiger partial charge on any atom is -0.459 e. The van der Waals surface area contributed by atoms with Crippen molar-refractivity contribution in [2.75, 3.05) is 5.32 Å². The molecule has 4 nitrogen and oxygen atoms in total. The number of aryl methyl sites for hydroxylation is 1. The van der Waals surface area contributed by atoms with Gasteiger partial charge in [0.15, 0.2) is 0 Å². The number of ether oxygens (including phenoxy) is 1. The summed E-state index contributed by atoms with van der Waals surface area (Å²) in [5.74, 6) is 0.0653. The molecule has 138 valence electrons. The van der Waals surface area contributed by atoms with E-state index < -0.39 is 0 Å². The number of hydrogen-bond donors (Lipinski definition) is 1.